The predicted molar refractivity (Wildman–Crippen MR) is 53.2 cm³/mol. The smallest absolute Gasteiger partial charge is 0.228 e. The summed E-state index contributed by atoms with van der Waals surface area (Å²) in [5.41, 5.74) is 0.627. The molecule has 1 aromatic heterocycles. The van der Waals surface area contributed by atoms with Gasteiger partial charge in [-0.15, -0.1) is 0 Å². The molecule has 1 heterocycles. The number of allylic oxidation sites excluding steroid dienone is 2. The molecule has 0 fully saturated rings. The van der Waals surface area contributed by atoms with Crippen molar-refractivity contribution in [2.45, 2.75) is 6.92 Å². The minimum absolute atomic E-state index is 0.373. The summed E-state index contributed by atoms with van der Waals surface area (Å²) in [5, 5.41) is 10.2. The molecule has 68 valence electrons. The molecule has 0 spiro atoms. The normalized spacial score (nSPS) is 11.1. The van der Waals surface area contributed by atoms with Gasteiger partial charge in [0.1, 0.15) is 5.15 Å². The molecular weight excluding hydrogens is 188 g/mol. The van der Waals surface area contributed by atoms with E-state index in [1.165, 1.54) is 6.21 Å². The highest BCUT2D eigenvalue weighted by molar-refractivity contribution is 6.29. The van der Waals surface area contributed by atoms with Crippen molar-refractivity contribution in [1.82, 2.24) is 9.97 Å². The molecule has 0 amide bonds. The van der Waals surface area contributed by atoms with Crippen LogP contribution >= 0.6 is 11.6 Å². The maximum absolute atomic E-state index is 7.02. The zero-order chi connectivity index (χ0) is 9.68. The van der Waals surface area contributed by atoms with Crippen molar-refractivity contribution in [3.05, 3.63) is 29.2 Å². The van der Waals surface area contributed by atoms with Crippen molar-refractivity contribution < 1.29 is 0 Å². The fourth-order valence-corrected chi connectivity index (χ4v) is 0.854. The SMILES string of the molecule is C/C=C(\C=N)Nc1nccc(Cl)n1. The standard InChI is InChI=1S/C8H9ClN4/c1-2-6(5-10)12-8-11-4-3-7(9)13-8/h2-5,10H,1H3,(H,11,12,13)/b6-2+,10-5?. The number of halogens is 1. The van der Waals surface area contributed by atoms with Gasteiger partial charge >= 0.3 is 0 Å². The van der Waals surface area contributed by atoms with Crippen LogP contribution in [0.4, 0.5) is 5.95 Å². The van der Waals surface area contributed by atoms with Gasteiger partial charge in [-0.1, -0.05) is 17.7 Å². The lowest BCUT2D eigenvalue weighted by Gasteiger charge is -2.02. The van der Waals surface area contributed by atoms with Gasteiger partial charge in [0, 0.05) is 12.4 Å². The molecule has 0 aliphatic carbocycles. The van der Waals surface area contributed by atoms with Crippen LogP contribution < -0.4 is 5.32 Å². The topological polar surface area (TPSA) is 61.7 Å². The van der Waals surface area contributed by atoms with Crippen LogP contribution in [0, 0.1) is 5.41 Å². The van der Waals surface area contributed by atoms with Crippen LogP contribution in [0.1, 0.15) is 6.92 Å². The Hall–Kier alpha value is -1.42. The zero-order valence-electron chi connectivity index (χ0n) is 7.08. The monoisotopic (exact) mass is 196 g/mol. The van der Waals surface area contributed by atoms with Crippen molar-refractivity contribution in [3.63, 3.8) is 0 Å². The number of anilines is 1. The van der Waals surface area contributed by atoms with Crippen LogP contribution in [0.5, 0.6) is 0 Å². The first kappa shape index (κ1) is 9.67. The van der Waals surface area contributed by atoms with Crippen molar-refractivity contribution in [3.8, 4) is 0 Å². The lowest BCUT2D eigenvalue weighted by Crippen LogP contribution is -2.03. The number of nitrogens with one attached hydrogen (secondary N) is 2. The molecule has 0 unspecified atom stereocenters. The molecule has 0 saturated carbocycles. The largest absolute Gasteiger partial charge is 0.323 e. The summed E-state index contributed by atoms with van der Waals surface area (Å²) in [6.07, 6.45) is 4.48. The van der Waals surface area contributed by atoms with E-state index < -0.39 is 0 Å². The Bertz CT molecular complexity index is 335. The van der Waals surface area contributed by atoms with Crippen LogP contribution in [-0.2, 0) is 0 Å². The van der Waals surface area contributed by atoms with Crippen LogP contribution in [-0.4, -0.2) is 16.2 Å². The maximum Gasteiger partial charge on any atom is 0.228 e. The highest BCUT2D eigenvalue weighted by Gasteiger charge is 1.97. The number of rotatable bonds is 3. The number of nitrogens with zero attached hydrogens (tertiary/aromatic N) is 2. The Morgan fingerprint density at radius 2 is 2.46 bits per heavy atom. The van der Waals surface area contributed by atoms with Gasteiger partial charge in [0.15, 0.2) is 0 Å². The van der Waals surface area contributed by atoms with Gasteiger partial charge in [0.25, 0.3) is 0 Å². The Kier molecular flexibility index (Phi) is 3.40. The molecule has 1 aromatic rings. The fraction of sp³-hybridized carbons (Fsp3) is 0.125. The molecule has 0 bridgehead atoms. The third kappa shape index (κ3) is 2.83. The first-order valence-electron chi connectivity index (χ1n) is 3.68. The molecule has 13 heavy (non-hydrogen) atoms. The first-order valence-corrected chi connectivity index (χ1v) is 4.06. The average molecular weight is 197 g/mol. The fourth-order valence-electron chi connectivity index (χ4n) is 0.718. The minimum atomic E-state index is 0.373. The van der Waals surface area contributed by atoms with E-state index in [1.54, 1.807) is 18.3 Å². The molecule has 0 saturated heterocycles. The van der Waals surface area contributed by atoms with Crippen LogP contribution in [0.2, 0.25) is 5.15 Å². The molecule has 0 aliphatic heterocycles. The second kappa shape index (κ2) is 4.57. The number of hydrogen-bond donors (Lipinski definition) is 2. The summed E-state index contributed by atoms with van der Waals surface area (Å²) in [6, 6.07) is 1.59. The summed E-state index contributed by atoms with van der Waals surface area (Å²) in [6.45, 7) is 1.82. The van der Waals surface area contributed by atoms with Crippen LogP contribution in [0.3, 0.4) is 0 Å². The molecule has 0 atom stereocenters. The molecule has 2 N–H and O–H groups in total. The summed E-state index contributed by atoms with van der Waals surface area (Å²) in [7, 11) is 0. The molecule has 5 heteroatoms. The lowest BCUT2D eigenvalue weighted by atomic mass is 10.4. The second-order valence-electron chi connectivity index (χ2n) is 2.22. The molecular formula is C8H9ClN4. The first-order chi connectivity index (χ1) is 6.26. The second-order valence-corrected chi connectivity index (χ2v) is 2.60. The molecule has 0 aromatic carbocycles. The zero-order valence-corrected chi connectivity index (χ0v) is 7.84. The van der Waals surface area contributed by atoms with E-state index in [2.05, 4.69) is 15.3 Å². The van der Waals surface area contributed by atoms with E-state index in [1.807, 2.05) is 6.92 Å². The Balaban J connectivity index is 2.79. The van der Waals surface area contributed by atoms with Crippen molar-refractivity contribution in [2.24, 2.45) is 0 Å². The number of hydrogen-bond acceptors (Lipinski definition) is 4. The van der Waals surface area contributed by atoms with E-state index in [9.17, 15) is 0 Å². The van der Waals surface area contributed by atoms with Crippen molar-refractivity contribution in [2.75, 3.05) is 5.32 Å². The molecule has 1 rings (SSSR count). The lowest BCUT2D eigenvalue weighted by molar-refractivity contribution is 1.16. The molecule has 0 radical (unpaired) electrons. The van der Waals surface area contributed by atoms with E-state index in [0.29, 0.717) is 16.8 Å². The summed E-state index contributed by atoms with van der Waals surface area (Å²) < 4.78 is 0. The van der Waals surface area contributed by atoms with Gasteiger partial charge < -0.3 is 10.7 Å². The molecule has 4 nitrogen and oxygen atoms in total. The summed E-state index contributed by atoms with van der Waals surface area (Å²) in [4.78, 5) is 7.83. The van der Waals surface area contributed by atoms with E-state index in [-0.39, 0.29) is 0 Å². The highest BCUT2D eigenvalue weighted by Crippen LogP contribution is 2.06. The van der Waals surface area contributed by atoms with E-state index >= 15 is 0 Å². The third-order valence-corrected chi connectivity index (χ3v) is 1.55. The highest BCUT2D eigenvalue weighted by atomic mass is 35.5. The average Bonchev–Trinajstić information content (AvgIpc) is 2.14. The predicted octanol–water partition coefficient (Wildman–Crippen LogP) is 2.10. The Labute approximate surface area is 81.2 Å². The van der Waals surface area contributed by atoms with Crippen molar-refractivity contribution in [1.29, 1.82) is 5.41 Å². The molecule has 0 aliphatic rings. The van der Waals surface area contributed by atoms with Gasteiger partial charge in [0.2, 0.25) is 5.95 Å². The van der Waals surface area contributed by atoms with Gasteiger partial charge in [0.05, 0.1) is 5.70 Å². The van der Waals surface area contributed by atoms with E-state index in [4.69, 9.17) is 17.0 Å². The van der Waals surface area contributed by atoms with Gasteiger partial charge in [-0.05, 0) is 13.0 Å². The maximum atomic E-state index is 7.02. The Morgan fingerprint density at radius 1 is 1.69 bits per heavy atom. The summed E-state index contributed by atoms with van der Waals surface area (Å²) >= 11 is 5.65. The summed E-state index contributed by atoms with van der Waals surface area (Å²) in [5.74, 6) is 0.393. The third-order valence-electron chi connectivity index (χ3n) is 1.34. The minimum Gasteiger partial charge on any atom is -0.323 e. The van der Waals surface area contributed by atoms with E-state index in [0.717, 1.165) is 0 Å². The quantitative estimate of drug-likeness (QED) is 0.575. The van der Waals surface area contributed by atoms with Crippen LogP contribution in [0.15, 0.2) is 24.0 Å². The van der Waals surface area contributed by atoms with Crippen LogP contribution in [0.25, 0.3) is 0 Å². The van der Waals surface area contributed by atoms with Gasteiger partial charge in [-0.2, -0.15) is 0 Å². The van der Waals surface area contributed by atoms with Gasteiger partial charge in [-0.25, -0.2) is 9.97 Å². The number of aromatic nitrogens is 2. The van der Waals surface area contributed by atoms with Crippen molar-refractivity contribution >= 4 is 23.8 Å². The Morgan fingerprint density at radius 3 is 3.00 bits per heavy atom. The van der Waals surface area contributed by atoms with Gasteiger partial charge in [-0.3, -0.25) is 0 Å².